The van der Waals surface area contributed by atoms with Gasteiger partial charge >= 0.3 is 0 Å². The van der Waals surface area contributed by atoms with Gasteiger partial charge in [-0.3, -0.25) is 9.69 Å². The number of amides is 1. The summed E-state index contributed by atoms with van der Waals surface area (Å²) in [6.45, 7) is 4.99. The Kier molecular flexibility index (Phi) is 6.82. The zero-order valence-corrected chi connectivity index (χ0v) is 17.1. The molecule has 1 N–H and O–H groups in total. The number of anilines is 1. The molecule has 0 aromatic heterocycles. The van der Waals surface area contributed by atoms with Crippen molar-refractivity contribution in [1.29, 1.82) is 0 Å². The molecule has 2 atom stereocenters. The predicted octanol–water partition coefficient (Wildman–Crippen LogP) is 3.76. The molecule has 2 aromatic rings. The maximum absolute atomic E-state index is 13.1. The minimum Gasteiger partial charge on any atom is -0.325 e. The van der Waals surface area contributed by atoms with Crippen molar-refractivity contribution in [2.24, 2.45) is 5.92 Å². The third-order valence-electron chi connectivity index (χ3n) is 5.28. The summed E-state index contributed by atoms with van der Waals surface area (Å²) in [4.78, 5) is 19.1. The number of carbonyl (C=O) groups excluding carboxylic acids is 1. The molecule has 1 fully saturated rings. The lowest BCUT2D eigenvalue weighted by molar-refractivity contribution is -0.120. The lowest BCUT2D eigenvalue weighted by atomic mass is 9.96. The summed E-state index contributed by atoms with van der Waals surface area (Å²) in [5.41, 5.74) is 2.16. The van der Waals surface area contributed by atoms with Crippen LogP contribution in [0.15, 0.2) is 59.5 Å². The number of rotatable bonds is 3. The van der Waals surface area contributed by atoms with Crippen LogP contribution in [-0.2, 0) is 4.79 Å². The molecule has 4 rings (SSSR count). The molecule has 0 spiro atoms. The third kappa shape index (κ3) is 4.66. The average Bonchev–Trinajstić information content (AvgIpc) is 2.81. The molecule has 144 valence electrons. The molecule has 2 heterocycles. The van der Waals surface area contributed by atoms with Gasteiger partial charge in [-0.25, -0.2) is 0 Å². The second-order valence-electron chi connectivity index (χ2n) is 7.14. The Hall–Kier alpha value is -1.53. The van der Waals surface area contributed by atoms with Crippen molar-refractivity contribution in [3.05, 3.63) is 60.2 Å². The summed E-state index contributed by atoms with van der Waals surface area (Å²) < 4.78 is 0. The topological polar surface area (TPSA) is 35.6 Å². The van der Waals surface area contributed by atoms with E-state index in [1.807, 2.05) is 36.0 Å². The van der Waals surface area contributed by atoms with Crippen molar-refractivity contribution in [3.8, 4) is 0 Å². The summed E-state index contributed by atoms with van der Waals surface area (Å²) in [7, 11) is 2.16. The third-order valence-corrected chi connectivity index (χ3v) is 6.74. The van der Waals surface area contributed by atoms with E-state index in [0.29, 0.717) is 0 Å². The van der Waals surface area contributed by atoms with Crippen LogP contribution >= 0.6 is 24.2 Å². The van der Waals surface area contributed by atoms with Crippen molar-refractivity contribution >= 4 is 35.8 Å². The molecule has 0 saturated carbocycles. The Morgan fingerprint density at radius 2 is 1.67 bits per heavy atom. The van der Waals surface area contributed by atoms with E-state index in [-0.39, 0.29) is 29.5 Å². The predicted molar refractivity (Wildman–Crippen MR) is 115 cm³/mol. The number of thioether (sulfide) groups is 1. The summed E-state index contributed by atoms with van der Waals surface area (Å²) in [6.07, 6.45) is 0. The molecule has 2 aromatic carbocycles. The van der Waals surface area contributed by atoms with Crippen molar-refractivity contribution < 1.29 is 4.79 Å². The van der Waals surface area contributed by atoms with Gasteiger partial charge in [0.25, 0.3) is 0 Å². The maximum atomic E-state index is 13.1. The smallest absolute Gasteiger partial charge is 0.230 e. The molecule has 0 bridgehead atoms. The second-order valence-corrected chi connectivity index (χ2v) is 8.33. The summed E-state index contributed by atoms with van der Waals surface area (Å²) in [5, 5.41) is 3.30. The van der Waals surface area contributed by atoms with E-state index < -0.39 is 0 Å². The lowest BCUT2D eigenvalue weighted by Gasteiger charge is -2.35. The lowest BCUT2D eigenvalue weighted by Crippen LogP contribution is -2.48. The number of hydrogen-bond acceptors (Lipinski definition) is 4. The maximum Gasteiger partial charge on any atom is 0.230 e. The number of nitrogens with zero attached hydrogens (tertiary/aromatic N) is 2. The summed E-state index contributed by atoms with van der Waals surface area (Å²) in [6, 6.07) is 18.6. The van der Waals surface area contributed by atoms with Crippen LogP contribution in [0.2, 0.25) is 0 Å². The highest BCUT2D eigenvalue weighted by molar-refractivity contribution is 7.99. The first-order chi connectivity index (χ1) is 12.7. The Morgan fingerprint density at radius 1 is 1.00 bits per heavy atom. The minimum atomic E-state index is -0.0711. The highest BCUT2D eigenvalue weighted by Gasteiger charge is 2.35. The molecule has 0 aliphatic carbocycles. The fraction of sp³-hybridized carbons (Fsp3) is 0.381. The number of piperazine rings is 1. The largest absolute Gasteiger partial charge is 0.325 e. The van der Waals surface area contributed by atoms with E-state index >= 15 is 0 Å². The van der Waals surface area contributed by atoms with Gasteiger partial charge in [0.05, 0.1) is 11.6 Å². The van der Waals surface area contributed by atoms with Crippen molar-refractivity contribution in [2.75, 3.05) is 45.1 Å². The molecule has 0 radical (unpaired) electrons. The number of hydrogen-bond donors (Lipinski definition) is 1. The van der Waals surface area contributed by atoms with Crippen LogP contribution in [0.25, 0.3) is 0 Å². The number of likely N-dealkylation sites (N-methyl/N-ethyl adjacent to an activating group) is 1. The van der Waals surface area contributed by atoms with Gasteiger partial charge in [0, 0.05) is 42.9 Å². The number of nitrogens with one attached hydrogen (secondary N) is 1. The van der Waals surface area contributed by atoms with Crippen LogP contribution in [-0.4, -0.2) is 55.5 Å². The molecule has 0 unspecified atom stereocenters. The first-order valence-electron chi connectivity index (χ1n) is 9.23. The zero-order chi connectivity index (χ0) is 17.9. The molecular weight excluding hydrogens is 378 g/mol. The van der Waals surface area contributed by atoms with E-state index in [2.05, 4.69) is 52.5 Å². The van der Waals surface area contributed by atoms with Gasteiger partial charge in [0.1, 0.15) is 0 Å². The Bertz CT molecular complexity index is 765. The van der Waals surface area contributed by atoms with Crippen molar-refractivity contribution in [1.82, 2.24) is 9.80 Å². The molecule has 2 aliphatic rings. The Morgan fingerprint density at radius 3 is 2.41 bits per heavy atom. The number of fused-ring (bicyclic) bond motifs is 1. The van der Waals surface area contributed by atoms with Gasteiger partial charge < -0.3 is 10.2 Å². The van der Waals surface area contributed by atoms with Gasteiger partial charge in [-0.05, 0) is 24.7 Å². The zero-order valence-electron chi connectivity index (χ0n) is 15.5. The van der Waals surface area contributed by atoms with Crippen LogP contribution in [0.4, 0.5) is 5.69 Å². The van der Waals surface area contributed by atoms with Crippen LogP contribution in [0, 0.1) is 5.92 Å². The molecule has 2 aliphatic heterocycles. The molecule has 27 heavy (non-hydrogen) atoms. The van der Waals surface area contributed by atoms with Crippen molar-refractivity contribution in [2.45, 2.75) is 10.1 Å². The highest BCUT2D eigenvalue weighted by Crippen LogP contribution is 2.46. The number of benzene rings is 2. The van der Waals surface area contributed by atoms with Gasteiger partial charge in [0.15, 0.2) is 0 Å². The van der Waals surface area contributed by atoms with Crippen molar-refractivity contribution in [3.63, 3.8) is 0 Å². The number of para-hydroxylation sites is 1. The Labute approximate surface area is 171 Å². The van der Waals surface area contributed by atoms with Crippen LogP contribution in [0.5, 0.6) is 0 Å². The first-order valence-corrected chi connectivity index (χ1v) is 10.1. The standard InChI is InChI=1S/C21H25N3OS.ClH/c1-23-11-13-24(14-12-23)15-17-20(16-7-3-2-4-8-16)26-19-10-6-5-9-18(19)22-21(17)25;/h2-10,17,20H,11-15H2,1H3,(H,22,25);1H/t17-,20+;/m1./s1. The monoisotopic (exact) mass is 403 g/mol. The summed E-state index contributed by atoms with van der Waals surface area (Å²) >= 11 is 1.81. The van der Waals surface area contributed by atoms with E-state index in [0.717, 1.165) is 43.3 Å². The van der Waals surface area contributed by atoms with Gasteiger partial charge in [0.2, 0.25) is 5.91 Å². The van der Waals surface area contributed by atoms with Gasteiger partial charge in [-0.1, -0.05) is 42.5 Å². The Balaban J connectivity index is 0.00000210. The SMILES string of the molecule is CN1CCN(C[C@H]2C(=O)Nc3ccccc3S[C@H]2c2ccccc2)CC1.Cl. The molecule has 1 saturated heterocycles. The average molecular weight is 404 g/mol. The van der Waals surface area contributed by atoms with E-state index in [4.69, 9.17) is 0 Å². The molecule has 4 nitrogen and oxygen atoms in total. The number of carbonyl (C=O) groups is 1. The van der Waals surface area contributed by atoms with Crippen LogP contribution < -0.4 is 5.32 Å². The van der Waals surface area contributed by atoms with E-state index in [9.17, 15) is 4.79 Å². The van der Waals surface area contributed by atoms with Gasteiger partial charge in [-0.15, -0.1) is 24.2 Å². The highest BCUT2D eigenvalue weighted by atomic mass is 35.5. The number of halogens is 1. The first kappa shape index (κ1) is 20.2. The molecule has 6 heteroatoms. The van der Waals surface area contributed by atoms with E-state index in [1.54, 1.807) is 0 Å². The fourth-order valence-corrected chi connectivity index (χ4v) is 5.03. The van der Waals surface area contributed by atoms with Crippen LogP contribution in [0.1, 0.15) is 10.8 Å². The summed E-state index contributed by atoms with van der Waals surface area (Å²) in [5.74, 6) is 0.0634. The van der Waals surface area contributed by atoms with Crippen LogP contribution in [0.3, 0.4) is 0 Å². The normalized spacial score (nSPS) is 23.7. The minimum absolute atomic E-state index is 0. The molecular formula is C21H26ClN3OS. The second kappa shape index (κ2) is 9.11. The quantitative estimate of drug-likeness (QED) is 0.846. The fourth-order valence-electron chi connectivity index (χ4n) is 3.68. The van der Waals surface area contributed by atoms with E-state index in [1.165, 1.54) is 5.56 Å². The molecule has 1 amide bonds. The van der Waals surface area contributed by atoms with Gasteiger partial charge in [-0.2, -0.15) is 0 Å².